The molecule has 0 fully saturated rings. The van der Waals surface area contributed by atoms with Gasteiger partial charge in [-0.25, -0.2) is 0 Å². The minimum absolute atomic E-state index is 0.0431. The lowest BCUT2D eigenvalue weighted by Crippen LogP contribution is -2.39. The lowest BCUT2D eigenvalue weighted by molar-refractivity contribution is -0.146. The van der Waals surface area contributed by atoms with Crippen LogP contribution in [-0.2, 0) is 6.18 Å². The Morgan fingerprint density at radius 2 is 1.67 bits per heavy atom. The average Bonchev–Trinajstić information content (AvgIpc) is 2.35. The largest absolute Gasteiger partial charge is 0.416 e. The van der Waals surface area contributed by atoms with E-state index < -0.39 is 30.5 Å². The van der Waals surface area contributed by atoms with Crippen LogP contribution in [0.25, 0.3) is 0 Å². The number of nitrogens with zero attached hydrogens (tertiary/aromatic N) is 1. The molecule has 1 rings (SSSR count). The topological polar surface area (TPSA) is 29.3 Å². The van der Waals surface area contributed by atoms with Crippen molar-refractivity contribution < 1.29 is 26.3 Å². The van der Waals surface area contributed by atoms with Gasteiger partial charge in [0.25, 0.3) is 0 Å². The maximum Gasteiger partial charge on any atom is 0.416 e. The first-order chi connectivity index (χ1) is 9.54. The Balaban J connectivity index is 2.91. The molecule has 2 N–H and O–H groups in total. The molecule has 1 aromatic rings. The lowest BCUT2D eigenvalue weighted by atomic mass is 10.00. The summed E-state index contributed by atoms with van der Waals surface area (Å²) < 4.78 is 75.6. The molecular weight excluding hydrogens is 298 g/mol. The number of nitrogens with two attached hydrogens (primary N) is 1. The Morgan fingerprint density at radius 1 is 1.10 bits per heavy atom. The molecule has 1 aromatic carbocycles. The Labute approximate surface area is 118 Å². The van der Waals surface area contributed by atoms with E-state index in [-0.39, 0.29) is 18.7 Å². The third-order valence-corrected chi connectivity index (χ3v) is 2.97. The van der Waals surface area contributed by atoms with E-state index in [0.29, 0.717) is 0 Å². The van der Waals surface area contributed by atoms with E-state index in [1.807, 2.05) is 0 Å². The fourth-order valence-corrected chi connectivity index (χ4v) is 2.01. The van der Waals surface area contributed by atoms with Crippen LogP contribution < -0.4 is 5.73 Å². The molecule has 0 amide bonds. The molecule has 0 bridgehead atoms. The van der Waals surface area contributed by atoms with Crippen molar-refractivity contribution in [2.75, 3.05) is 19.6 Å². The third kappa shape index (κ3) is 5.55. The highest BCUT2D eigenvalue weighted by Crippen LogP contribution is 2.34. The molecular formula is C13H16F6N2. The molecule has 8 heteroatoms. The van der Waals surface area contributed by atoms with Gasteiger partial charge in [0.15, 0.2) is 0 Å². The number of benzene rings is 1. The summed E-state index contributed by atoms with van der Waals surface area (Å²) in [5.74, 6) is 0. The minimum Gasteiger partial charge on any atom is -0.323 e. The van der Waals surface area contributed by atoms with Crippen molar-refractivity contribution in [2.24, 2.45) is 5.73 Å². The zero-order valence-corrected chi connectivity index (χ0v) is 11.3. The van der Waals surface area contributed by atoms with Crippen molar-refractivity contribution in [1.82, 2.24) is 4.90 Å². The van der Waals surface area contributed by atoms with Gasteiger partial charge < -0.3 is 5.73 Å². The third-order valence-electron chi connectivity index (χ3n) is 2.97. The molecule has 0 aromatic heterocycles. The normalized spacial score (nSPS) is 14.5. The summed E-state index contributed by atoms with van der Waals surface area (Å²) in [5.41, 5.74) is 4.56. The Kier molecular flexibility index (Phi) is 5.63. The van der Waals surface area contributed by atoms with Crippen molar-refractivity contribution in [3.05, 3.63) is 35.4 Å². The second-order valence-corrected chi connectivity index (χ2v) is 4.63. The summed E-state index contributed by atoms with van der Waals surface area (Å²) in [6.07, 6.45) is -9.01. The summed E-state index contributed by atoms with van der Waals surface area (Å²) in [5, 5.41) is 0. The van der Waals surface area contributed by atoms with Crippen LogP contribution in [0.15, 0.2) is 24.3 Å². The Morgan fingerprint density at radius 3 is 2.14 bits per heavy atom. The molecule has 0 saturated carbocycles. The second kappa shape index (κ2) is 6.65. The van der Waals surface area contributed by atoms with Crippen LogP contribution in [0.3, 0.4) is 0 Å². The lowest BCUT2D eigenvalue weighted by Gasteiger charge is -2.26. The SMILES string of the molecule is CCN(CC(N)c1ccccc1C(F)(F)F)CC(F)(F)F. The van der Waals surface area contributed by atoms with Gasteiger partial charge in [-0.2, -0.15) is 26.3 Å². The number of hydrogen-bond acceptors (Lipinski definition) is 2. The number of halogens is 6. The van der Waals surface area contributed by atoms with Crippen molar-refractivity contribution >= 4 is 0 Å². The highest BCUT2D eigenvalue weighted by molar-refractivity contribution is 5.32. The van der Waals surface area contributed by atoms with Gasteiger partial charge in [0.05, 0.1) is 12.1 Å². The van der Waals surface area contributed by atoms with Crippen LogP contribution in [0, 0.1) is 0 Å². The quantitative estimate of drug-likeness (QED) is 0.842. The molecule has 0 aliphatic rings. The van der Waals surface area contributed by atoms with Gasteiger partial charge in [0, 0.05) is 12.6 Å². The summed E-state index contributed by atoms with van der Waals surface area (Å²) in [7, 11) is 0. The molecule has 0 aliphatic carbocycles. The van der Waals surface area contributed by atoms with Crippen molar-refractivity contribution in [3.8, 4) is 0 Å². The predicted molar refractivity (Wildman–Crippen MR) is 66.5 cm³/mol. The van der Waals surface area contributed by atoms with E-state index in [0.717, 1.165) is 11.0 Å². The zero-order chi connectivity index (χ0) is 16.3. The maximum absolute atomic E-state index is 12.9. The van der Waals surface area contributed by atoms with Gasteiger partial charge in [-0.05, 0) is 18.2 Å². The number of likely N-dealkylation sites (N-methyl/N-ethyl adjacent to an activating group) is 1. The van der Waals surface area contributed by atoms with E-state index in [1.165, 1.54) is 25.1 Å². The standard InChI is InChI=1S/C13H16F6N2/c1-2-21(8-12(14,15)16)7-11(20)9-5-3-4-6-10(9)13(17,18)19/h3-6,11H,2,7-8,20H2,1H3. The summed E-state index contributed by atoms with van der Waals surface area (Å²) >= 11 is 0. The first kappa shape index (κ1) is 17.8. The van der Waals surface area contributed by atoms with Crippen molar-refractivity contribution in [2.45, 2.75) is 25.3 Å². The molecule has 0 aliphatic heterocycles. The van der Waals surface area contributed by atoms with Crippen LogP contribution in [0.1, 0.15) is 24.1 Å². The fourth-order valence-electron chi connectivity index (χ4n) is 2.01. The van der Waals surface area contributed by atoms with Crippen molar-refractivity contribution in [3.63, 3.8) is 0 Å². The minimum atomic E-state index is -4.59. The molecule has 2 nitrogen and oxygen atoms in total. The van der Waals surface area contributed by atoms with E-state index in [2.05, 4.69) is 0 Å². The molecule has 0 saturated heterocycles. The van der Waals surface area contributed by atoms with Crippen LogP contribution in [-0.4, -0.2) is 30.7 Å². The van der Waals surface area contributed by atoms with E-state index in [4.69, 9.17) is 5.73 Å². The van der Waals surface area contributed by atoms with Gasteiger partial charge >= 0.3 is 12.4 Å². The van der Waals surface area contributed by atoms with Crippen LogP contribution in [0.4, 0.5) is 26.3 Å². The summed E-state index contributed by atoms with van der Waals surface area (Å²) in [4.78, 5) is 0.970. The molecule has 1 atom stereocenters. The zero-order valence-electron chi connectivity index (χ0n) is 11.3. The summed E-state index contributed by atoms with van der Waals surface area (Å²) in [6.45, 7) is 0.0318. The van der Waals surface area contributed by atoms with Crippen LogP contribution in [0.2, 0.25) is 0 Å². The van der Waals surface area contributed by atoms with Crippen LogP contribution in [0.5, 0.6) is 0 Å². The molecule has 21 heavy (non-hydrogen) atoms. The van der Waals surface area contributed by atoms with Gasteiger partial charge in [-0.1, -0.05) is 25.1 Å². The van der Waals surface area contributed by atoms with E-state index in [1.54, 1.807) is 0 Å². The molecule has 0 heterocycles. The number of alkyl halides is 6. The summed E-state index contributed by atoms with van der Waals surface area (Å²) in [6, 6.07) is 3.51. The fraction of sp³-hybridized carbons (Fsp3) is 0.538. The van der Waals surface area contributed by atoms with Gasteiger partial charge in [-0.15, -0.1) is 0 Å². The molecule has 1 unspecified atom stereocenters. The number of rotatable bonds is 5. The molecule has 0 spiro atoms. The average molecular weight is 314 g/mol. The first-order valence-electron chi connectivity index (χ1n) is 6.25. The van der Waals surface area contributed by atoms with Gasteiger partial charge in [0.2, 0.25) is 0 Å². The first-order valence-corrected chi connectivity index (χ1v) is 6.25. The second-order valence-electron chi connectivity index (χ2n) is 4.63. The van der Waals surface area contributed by atoms with Gasteiger partial charge in [-0.3, -0.25) is 4.90 Å². The van der Waals surface area contributed by atoms with Crippen LogP contribution >= 0.6 is 0 Å². The smallest absolute Gasteiger partial charge is 0.323 e. The highest BCUT2D eigenvalue weighted by atomic mass is 19.4. The monoisotopic (exact) mass is 314 g/mol. The van der Waals surface area contributed by atoms with Crippen molar-refractivity contribution in [1.29, 1.82) is 0 Å². The van der Waals surface area contributed by atoms with E-state index in [9.17, 15) is 26.3 Å². The predicted octanol–water partition coefficient (Wildman–Crippen LogP) is 3.59. The number of hydrogen-bond donors (Lipinski definition) is 1. The maximum atomic E-state index is 12.9. The molecule has 120 valence electrons. The highest BCUT2D eigenvalue weighted by Gasteiger charge is 2.35. The Bertz CT molecular complexity index is 455. The van der Waals surface area contributed by atoms with Gasteiger partial charge in [0.1, 0.15) is 0 Å². The van der Waals surface area contributed by atoms with E-state index >= 15 is 0 Å². The molecule has 0 radical (unpaired) electrons. The Hall–Kier alpha value is -1.28.